The van der Waals surface area contributed by atoms with Crippen molar-refractivity contribution in [1.82, 2.24) is 19.2 Å². The van der Waals surface area contributed by atoms with E-state index in [9.17, 15) is 13.2 Å². The second kappa shape index (κ2) is 5.42. The molecule has 2 aliphatic rings. The van der Waals surface area contributed by atoms with Gasteiger partial charge in [0.1, 0.15) is 5.82 Å². The van der Waals surface area contributed by atoms with Crippen LogP contribution in [0.4, 0.5) is 0 Å². The van der Waals surface area contributed by atoms with Crippen LogP contribution in [0.15, 0.2) is 6.20 Å². The molecule has 7 nitrogen and oxygen atoms in total. The topological polar surface area (TPSA) is 84.3 Å². The lowest BCUT2D eigenvalue weighted by Crippen LogP contribution is -2.39. The summed E-state index contributed by atoms with van der Waals surface area (Å²) >= 11 is 0. The number of imidazole rings is 1. The van der Waals surface area contributed by atoms with Crippen LogP contribution in [0.1, 0.15) is 31.3 Å². The van der Waals surface area contributed by atoms with Crippen molar-refractivity contribution in [2.45, 2.75) is 39.4 Å². The van der Waals surface area contributed by atoms with Crippen molar-refractivity contribution >= 4 is 15.9 Å². The Balaban J connectivity index is 1.67. The zero-order valence-electron chi connectivity index (χ0n) is 12.1. The van der Waals surface area contributed by atoms with Crippen LogP contribution in [0.25, 0.3) is 0 Å². The van der Waals surface area contributed by atoms with Gasteiger partial charge in [-0.15, -0.1) is 0 Å². The Morgan fingerprint density at radius 1 is 1.43 bits per heavy atom. The van der Waals surface area contributed by atoms with E-state index < -0.39 is 10.0 Å². The average Bonchev–Trinajstić information content (AvgIpc) is 3.25. The minimum Gasteiger partial charge on any atom is -0.350 e. The molecule has 116 valence electrons. The molecule has 8 heteroatoms. The molecule has 0 aromatic carbocycles. The SMILES string of the molecule is CCS(=O)(=O)N1CCn2c(CNC(=O)C3CC3)cnc2C1. The van der Waals surface area contributed by atoms with Gasteiger partial charge in [-0.3, -0.25) is 4.79 Å². The van der Waals surface area contributed by atoms with E-state index in [2.05, 4.69) is 10.3 Å². The molecule has 1 fully saturated rings. The quantitative estimate of drug-likeness (QED) is 0.834. The van der Waals surface area contributed by atoms with Crippen LogP contribution in [-0.4, -0.2) is 40.5 Å². The van der Waals surface area contributed by atoms with Crippen LogP contribution in [0.2, 0.25) is 0 Å². The third-order valence-electron chi connectivity index (χ3n) is 4.06. The van der Waals surface area contributed by atoms with Crippen molar-refractivity contribution in [1.29, 1.82) is 0 Å². The molecule has 1 aliphatic heterocycles. The third kappa shape index (κ3) is 2.96. The predicted molar refractivity (Wildman–Crippen MR) is 76.7 cm³/mol. The second-order valence-electron chi connectivity index (χ2n) is 5.54. The number of nitrogens with one attached hydrogen (secondary N) is 1. The van der Waals surface area contributed by atoms with Gasteiger partial charge < -0.3 is 9.88 Å². The zero-order valence-corrected chi connectivity index (χ0v) is 12.9. The van der Waals surface area contributed by atoms with Gasteiger partial charge in [0.15, 0.2) is 0 Å². The van der Waals surface area contributed by atoms with Gasteiger partial charge in [-0.2, -0.15) is 4.31 Å². The first-order valence-corrected chi connectivity index (χ1v) is 8.91. The van der Waals surface area contributed by atoms with Crippen molar-refractivity contribution in [2.24, 2.45) is 5.92 Å². The molecule has 0 radical (unpaired) electrons. The van der Waals surface area contributed by atoms with E-state index in [4.69, 9.17) is 0 Å². The molecule has 0 spiro atoms. The maximum atomic E-state index is 11.9. The average molecular weight is 312 g/mol. The van der Waals surface area contributed by atoms with E-state index in [0.717, 1.165) is 24.4 Å². The Kier molecular flexibility index (Phi) is 3.75. The zero-order chi connectivity index (χ0) is 15.0. The molecule has 0 saturated heterocycles. The first-order valence-electron chi connectivity index (χ1n) is 7.30. The number of carbonyl (C=O) groups is 1. The summed E-state index contributed by atoms with van der Waals surface area (Å²) in [5, 5.41) is 2.92. The molecule has 1 aliphatic carbocycles. The van der Waals surface area contributed by atoms with E-state index in [0.29, 0.717) is 26.2 Å². The molecule has 3 rings (SSSR count). The van der Waals surface area contributed by atoms with Crippen LogP contribution >= 0.6 is 0 Å². The molecule has 1 amide bonds. The summed E-state index contributed by atoms with van der Waals surface area (Å²) in [7, 11) is -3.17. The van der Waals surface area contributed by atoms with Gasteiger partial charge >= 0.3 is 0 Å². The van der Waals surface area contributed by atoms with Gasteiger partial charge in [0.2, 0.25) is 15.9 Å². The van der Waals surface area contributed by atoms with Crippen molar-refractivity contribution in [2.75, 3.05) is 12.3 Å². The van der Waals surface area contributed by atoms with Crippen LogP contribution in [0.3, 0.4) is 0 Å². The van der Waals surface area contributed by atoms with Crippen molar-refractivity contribution in [3.05, 3.63) is 17.7 Å². The highest BCUT2D eigenvalue weighted by Crippen LogP contribution is 2.28. The molecule has 0 unspecified atom stereocenters. The first kappa shape index (κ1) is 14.5. The van der Waals surface area contributed by atoms with Crippen molar-refractivity contribution < 1.29 is 13.2 Å². The summed E-state index contributed by atoms with van der Waals surface area (Å²) in [5.74, 6) is 1.15. The molecule has 1 N–H and O–H groups in total. The summed E-state index contributed by atoms with van der Waals surface area (Å²) < 4.78 is 27.3. The summed E-state index contributed by atoms with van der Waals surface area (Å²) in [4.78, 5) is 16.0. The molecule has 1 aromatic heterocycles. The van der Waals surface area contributed by atoms with Crippen LogP contribution in [-0.2, 0) is 34.5 Å². The summed E-state index contributed by atoms with van der Waals surface area (Å²) in [6.07, 6.45) is 3.70. The summed E-state index contributed by atoms with van der Waals surface area (Å²) in [5.41, 5.74) is 0.938. The standard InChI is InChI=1S/C13H20N4O3S/c1-2-21(19,20)16-5-6-17-11(7-14-12(17)9-16)8-15-13(18)10-3-4-10/h7,10H,2-6,8-9H2,1H3,(H,15,18). The second-order valence-corrected chi connectivity index (χ2v) is 7.80. The minimum absolute atomic E-state index is 0.108. The number of hydrogen-bond donors (Lipinski definition) is 1. The van der Waals surface area contributed by atoms with Gasteiger partial charge in [0.05, 0.1) is 30.7 Å². The molecule has 0 bridgehead atoms. The first-order chi connectivity index (χ1) is 10.0. The fraction of sp³-hybridized carbons (Fsp3) is 0.692. The predicted octanol–water partition coefficient (Wildman–Crippen LogP) is 0.0746. The molecular weight excluding hydrogens is 292 g/mol. The van der Waals surface area contributed by atoms with Crippen molar-refractivity contribution in [3.63, 3.8) is 0 Å². The number of sulfonamides is 1. The highest BCUT2D eigenvalue weighted by molar-refractivity contribution is 7.89. The molecular formula is C13H20N4O3S. The van der Waals surface area contributed by atoms with Gasteiger partial charge in [0.25, 0.3) is 0 Å². The number of rotatable bonds is 5. The smallest absolute Gasteiger partial charge is 0.223 e. The highest BCUT2D eigenvalue weighted by Gasteiger charge is 2.30. The Morgan fingerprint density at radius 3 is 2.86 bits per heavy atom. The number of fused-ring (bicyclic) bond motifs is 1. The highest BCUT2D eigenvalue weighted by atomic mass is 32.2. The van der Waals surface area contributed by atoms with Gasteiger partial charge in [-0.05, 0) is 19.8 Å². The maximum absolute atomic E-state index is 11.9. The van der Waals surface area contributed by atoms with Gasteiger partial charge in [0, 0.05) is 19.0 Å². The van der Waals surface area contributed by atoms with E-state index in [-0.39, 0.29) is 17.6 Å². The number of nitrogens with zero attached hydrogens (tertiary/aromatic N) is 3. The molecule has 1 saturated carbocycles. The van der Waals surface area contributed by atoms with E-state index in [1.54, 1.807) is 13.1 Å². The maximum Gasteiger partial charge on any atom is 0.223 e. The molecule has 0 atom stereocenters. The van der Waals surface area contributed by atoms with E-state index in [1.807, 2.05) is 4.57 Å². The van der Waals surface area contributed by atoms with Crippen LogP contribution in [0.5, 0.6) is 0 Å². The number of carbonyl (C=O) groups excluding carboxylic acids is 1. The number of amides is 1. The largest absolute Gasteiger partial charge is 0.350 e. The van der Waals surface area contributed by atoms with Crippen LogP contribution < -0.4 is 5.32 Å². The van der Waals surface area contributed by atoms with Gasteiger partial charge in [-0.25, -0.2) is 13.4 Å². The minimum atomic E-state index is -3.17. The summed E-state index contributed by atoms with van der Waals surface area (Å²) in [6.45, 7) is 3.47. The Bertz CT molecular complexity index is 648. The molecule has 1 aromatic rings. The van der Waals surface area contributed by atoms with Gasteiger partial charge in [-0.1, -0.05) is 0 Å². The Morgan fingerprint density at radius 2 is 2.19 bits per heavy atom. The number of hydrogen-bond acceptors (Lipinski definition) is 4. The lowest BCUT2D eigenvalue weighted by atomic mass is 10.3. The molecule has 21 heavy (non-hydrogen) atoms. The fourth-order valence-corrected chi connectivity index (χ4v) is 3.57. The normalized spacial score (nSPS) is 19.3. The van der Waals surface area contributed by atoms with E-state index >= 15 is 0 Å². The number of aromatic nitrogens is 2. The lowest BCUT2D eigenvalue weighted by Gasteiger charge is -2.27. The Labute approximate surface area is 124 Å². The monoisotopic (exact) mass is 312 g/mol. The van der Waals surface area contributed by atoms with Crippen LogP contribution in [0, 0.1) is 5.92 Å². The van der Waals surface area contributed by atoms with Crippen molar-refractivity contribution in [3.8, 4) is 0 Å². The van der Waals surface area contributed by atoms with E-state index in [1.165, 1.54) is 4.31 Å². The summed E-state index contributed by atoms with van der Waals surface area (Å²) in [6, 6.07) is 0. The Hall–Kier alpha value is -1.41. The third-order valence-corrected chi connectivity index (χ3v) is 5.89. The lowest BCUT2D eigenvalue weighted by molar-refractivity contribution is -0.122. The fourth-order valence-electron chi connectivity index (χ4n) is 2.53. The molecule has 2 heterocycles.